The van der Waals surface area contributed by atoms with Crippen molar-refractivity contribution in [2.75, 3.05) is 29.9 Å². The van der Waals surface area contributed by atoms with Crippen LogP contribution >= 0.6 is 0 Å². The van der Waals surface area contributed by atoms with E-state index < -0.39 is 0 Å². The lowest BCUT2D eigenvalue weighted by atomic mass is 10.1. The molecule has 2 rings (SSSR count). The molecule has 2 N–H and O–H groups in total. The summed E-state index contributed by atoms with van der Waals surface area (Å²) in [6.45, 7) is 7.86. The van der Waals surface area contributed by atoms with Gasteiger partial charge in [0.2, 0.25) is 0 Å². The molecule has 0 unspecified atom stereocenters. The monoisotopic (exact) mass is 291 g/mol. The molecule has 0 bridgehead atoms. The Kier molecular flexibility index (Phi) is 5.38. The lowest BCUT2D eigenvalue weighted by Crippen LogP contribution is -2.38. The first-order valence-electron chi connectivity index (χ1n) is 7.70. The van der Waals surface area contributed by atoms with E-state index in [-0.39, 0.29) is 6.61 Å². The number of imidazole rings is 1. The second-order valence-electron chi connectivity index (χ2n) is 5.03. The summed E-state index contributed by atoms with van der Waals surface area (Å²) >= 11 is 0. The summed E-state index contributed by atoms with van der Waals surface area (Å²) in [6.07, 6.45) is 7.66. The third-order valence-electron chi connectivity index (χ3n) is 3.71. The van der Waals surface area contributed by atoms with Crippen molar-refractivity contribution in [3.63, 3.8) is 0 Å². The van der Waals surface area contributed by atoms with Crippen LogP contribution in [0.2, 0.25) is 0 Å². The summed E-state index contributed by atoms with van der Waals surface area (Å²) in [5, 5.41) is 12.7. The number of nitrogens with one attached hydrogen (secondary N) is 1. The lowest BCUT2D eigenvalue weighted by molar-refractivity contribution is 0.295. The Morgan fingerprint density at radius 3 is 2.71 bits per heavy atom. The summed E-state index contributed by atoms with van der Waals surface area (Å²) in [5.41, 5.74) is 0.831. The second kappa shape index (κ2) is 7.26. The Labute approximate surface area is 125 Å². The van der Waals surface area contributed by atoms with Gasteiger partial charge in [-0.1, -0.05) is 13.8 Å². The average Bonchev–Trinajstić information content (AvgIpc) is 2.95. The maximum atomic E-state index is 9.42. The van der Waals surface area contributed by atoms with E-state index in [0.29, 0.717) is 12.6 Å². The second-order valence-corrected chi connectivity index (χ2v) is 5.03. The number of nitrogens with zero attached hydrogens (tertiary/aromatic N) is 4. The van der Waals surface area contributed by atoms with Gasteiger partial charge in [-0.25, -0.2) is 9.97 Å². The van der Waals surface area contributed by atoms with Crippen LogP contribution < -0.4 is 10.2 Å². The number of aromatic nitrogens is 3. The molecular formula is C15H25N5O. The van der Waals surface area contributed by atoms with Crippen molar-refractivity contribution in [1.82, 2.24) is 14.4 Å². The summed E-state index contributed by atoms with van der Waals surface area (Å²) in [4.78, 5) is 11.3. The molecule has 0 saturated carbocycles. The van der Waals surface area contributed by atoms with Crippen LogP contribution in [0.1, 0.15) is 33.6 Å². The van der Waals surface area contributed by atoms with Gasteiger partial charge in [0.25, 0.3) is 0 Å². The number of aliphatic hydroxyl groups is 1. The lowest BCUT2D eigenvalue weighted by Gasteiger charge is -2.31. The Hall–Kier alpha value is -1.82. The number of rotatable bonds is 8. The van der Waals surface area contributed by atoms with Crippen LogP contribution in [0.3, 0.4) is 0 Å². The molecule has 116 valence electrons. The van der Waals surface area contributed by atoms with E-state index in [1.165, 1.54) is 0 Å². The summed E-state index contributed by atoms with van der Waals surface area (Å²) in [6, 6.07) is 0.349. The molecule has 0 fully saturated rings. The highest BCUT2D eigenvalue weighted by Crippen LogP contribution is 2.24. The van der Waals surface area contributed by atoms with Gasteiger partial charge in [-0.2, -0.15) is 0 Å². The highest BCUT2D eigenvalue weighted by Gasteiger charge is 2.20. The number of aliphatic hydroxyl groups excluding tert-OH is 1. The fourth-order valence-corrected chi connectivity index (χ4v) is 2.67. The topological polar surface area (TPSA) is 65.7 Å². The van der Waals surface area contributed by atoms with Crippen LogP contribution in [0.25, 0.3) is 5.65 Å². The maximum Gasteiger partial charge on any atom is 0.180 e. The van der Waals surface area contributed by atoms with E-state index >= 15 is 0 Å². The standard InChI is InChI=1S/C15H25N5O/c1-4-12(5-2)20(9-10-21)15-14-17-7-8-19(14)11-13(18-15)16-6-3/h7-8,11-12,16,21H,4-6,9-10H2,1-3H3. The van der Waals surface area contributed by atoms with Crippen molar-refractivity contribution >= 4 is 17.3 Å². The molecule has 2 heterocycles. The van der Waals surface area contributed by atoms with Crippen LogP contribution in [0.15, 0.2) is 18.6 Å². The number of hydrogen-bond donors (Lipinski definition) is 2. The molecule has 0 amide bonds. The zero-order valence-corrected chi connectivity index (χ0v) is 13.1. The SMILES string of the molecule is CCNc1cn2ccnc2c(N(CCO)C(CC)CC)n1. The van der Waals surface area contributed by atoms with Gasteiger partial charge in [-0.3, -0.25) is 0 Å². The van der Waals surface area contributed by atoms with Gasteiger partial charge in [0.1, 0.15) is 5.82 Å². The Morgan fingerprint density at radius 1 is 1.33 bits per heavy atom. The van der Waals surface area contributed by atoms with Crippen molar-refractivity contribution in [3.8, 4) is 0 Å². The van der Waals surface area contributed by atoms with Crippen molar-refractivity contribution < 1.29 is 5.11 Å². The van der Waals surface area contributed by atoms with Crippen LogP contribution in [-0.4, -0.2) is 45.2 Å². The molecule has 0 aromatic carbocycles. The minimum atomic E-state index is 0.108. The van der Waals surface area contributed by atoms with Gasteiger partial charge >= 0.3 is 0 Å². The predicted octanol–water partition coefficient (Wildman–Crippen LogP) is 2.15. The molecule has 0 saturated heterocycles. The summed E-state index contributed by atoms with van der Waals surface area (Å²) < 4.78 is 1.98. The van der Waals surface area contributed by atoms with Gasteiger partial charge in [-0.15, -0.1) is 0 Å². The molecule has 0 radical (unpaired) electrons. The van der Waals surface area contributed by atoms with Gasteiger partial charge in [0.05, 0.1) is 12.8 Å². The molecule has 2 aromatic heterocycles. The first kappa shape index (κ1) is 15.6. The van der Waals surface area contributed by atoms with Gasteiger partial charge in [0.15, 0.2) is 11.5 Å². The normalized spacial score (nSPS) is 11.3. The van der Waals surface area contributed by atoms with E-state index in [9.17, 15) is 5.11 Å². The van der Waals surface area contributed by atoms with E-state index in [1.807, 2.05) is 23.7 Å². The molecular weight excluding hydrogens is 266 g/mol. The molecule has 2 aromatic rings. The molecule has 21 heavy (non-hydrogen) atoms. The van der Waals surface area contributed by atoms with Crippen molar-refractivity contribution in [2.45, 2.75) is 39.7 Å². The Balaban J connectivity index is 2.51. The van der Waals surface area contributed by atoms with Crippen LogP contribution in [0.5, 0.6) is 0 Å². The minimum absolute atomic E-state index is 0.108. The molecule has 0 aliphatic heterocycles. The van der Waals surface area contributed by atoms with Gasteiger partial charge in [0, 0.05) is 31.5 Å². The molecule has 0 atom stereocenters. The number of anilines is 2. The molecule has 0 aliphatic rings. The van der Waals surface area contributed by atoms with Crippen molar-refractivity contribution in [2.24, 2.45) is 0 Å². The smallest absolute Gasteiger partial charge is 0.180 e. The zero-order chi connectivity index (χ0) is 15.2. The highest BCUT2D eigenvalue weighted by molar-refractivity contribution is 5.67. The molecule has 0 aliphatic carbocycles. The predicted molar refractivity (Wildman–Crippen MR) is 86.0 cm³/mol. The quantitative estimate of drug-likeness (QED) is 0.780. The van der Waals surface area contributed by atoms with Gasteiger partial charge < -0.3 is 19.7 Å². The van der Waals surface area contributed by atoms with E-state index in [0.717, 1.165) is 36.7 Å². The highest BCUT2D eigenvalue weighted by atomic mass is 16.3. The van der Waals surface area contributed by atoms with E-state index in [4.69, 9.17) is 4.98 Å². The van der Waals surface area contributed by atoms with Gasteiger partial charge in [-0.05, 0) is 19.8 Å². The van der Waals surface area contributed by atoms with Crippen molar-refractivity contribution in [1.29, 1.82) is 0 Å². The largest absolute Gasteiger partial charge is 0.395 e. The van der Waals surface area contributed by atoms with E-state index in [1.54, 1.807) is 6.20 Å². The maximum absolute atomic E-state index is 9.42. The first-order chi connectivity index (χ1) is 10.2. The third kappa shape index (κ3) is 3.26. The number of fused-ring (bicyclic) bond motifs is 1. The Bertz CT molecular complexity index is 564. The van der Waals surface area contributed by atoms with Crippen LogP contribution in [0.4, 0.5) is 11.6 Å². The first-order valence-corrected chi connectivity index (χ1v) is 7.70. The summed E-state index contributed by atoms with van der Waals surface area (Å²) in [5.74, 6) is 1.66. The minimum Gasteiger partial charge on any atom is -0.395 e. The Morgan fingerprint density at radius 2 is 2.10 bits per heavy atom. The molecule has 0 spiro atoms. The fraction of sp³-hybridized carbons (Fsp3) is 0.600. The van der Waals surface area contributed by atoms with Crippen molar-refractivity contribution in [3.05, 3.63) is 18.6 Å². The summed E-state index contributed by atoms with van der Waals surface area (Å²) in [7, 11) is 0. The molecule has 6 heteroatoms. The average molecular weight is 291 g/mol. The zero-order valence-electron chi connectivity index (χ0n) is 13.1. The number of hydrogen-bond acceptors (Lipinski definition) is 5. The third-order valence-corrected chi connectivity index (χ3v) is 3.71. The molecule has 6 nitrogen and oxygen atoms in total. The van der Waals surface area contributed by atoms with Crippen LogP contribution in [-0.2, 0) is 0 Å². The van der Waals surface area contributed by atoms with Crippen LogP contribution in [0, 0.1) is 0 Å². The fourth-order valence-electron chi connectivity index (χ4n) is 2.67. The van der Waals surface area contributed by atoms with E-state index in [2.05, 4.69) is 29.0 Å².